The van der Waals surface area contributed by atoms with E-state index in [4.69, 9.17) is 4.74 Å². The third kappa shape index (κ3) is 5.04. The molecular formula is C22H29F3N4O. The van der Waals surface area contributed by atoms with Gasteiger partial charge in [-0.25, -0.2) is 4.68 Å². The highest BCUT2D eigenvalue weighted by Crippen LogP contribution is 2.30. The van der Waals surface area contributed by atoms with Crippen molar-refractivity contribution in [2.45, 2.75) is 50.6 Å². The van der Waals surface area contributed by atoms with Crippen LogP contribution in [-0.2, 0) is 17.5 Å². The van der Waals surface area contributed by atoms with E-state index in [1.54, 1.807) is 19.4 Å². The number of halogens is 3. The predicted molar refractivity (Wildman–Crippen MR) is 108 cm³/mol. The molecule has 8 heteroatoms. The monoisotopic (exact) mass is 422 g/mol. The molecule has 164 valence electrons. The lowest BCUT2D eigenvalue weighted by Gasteiger charge is -2.41. The minimum absolute atomic E-state index is 0.412. The Morgan fingerprint density at radius 1 is 1.07 bits per heavy atom. The van der Waals surface area contributed by atoms with E-state index in [1.165, 1.54) is 10.7 Å². The summed E-state index contributed by atoms with van der Waals surface area (Å²) in [5.41, 5.74) is 0.787. The van der Waals surface area contributed by atoms with Gasteiger partial charge in [0.15, 0.2) is 0 Å². The van der Waals surface area contributed by atoms with Crippen LogP contribution in [0.25, 0.3) is 5.69 Å². The number of methoxy groups -OCH3 is 1. The Balaban J connectivity index is 1.30. The molecule has 0 unspecified atom stereocenters. The Labute approximate surface area is 175 Å². The second-order valence-corrected chi connectivity index (χ2v) is 8.32. The molecule has 0 radical (unpaired) electrons. The first-order chi connectivity index (χ1) is 14.4. The Hall–Kier alpha value is -1.90. The summed E-state index contributed by atoms with van der Waals surface area (Å²) < 4.78 is 45.9. The molecule has 0 amide bonds. The van der Waals surface area contributed by atoms with Gasteiger partial charge in [-0.05, 0) is 57.0 Å². The van der Waals surface area contributed by atoms with Crippen LogP contribution in [0.3, 0.4) is 0 Å². The van der Waals surface area contributed by atoms with E-state index in [0.717, 1.165) is 76.1 Å². The number of aromatic nitrogens is 2. The highest BCUT2D eigenvalue weighted by molar-refractivity contribution is 5.36. The number of likely N-dealkylation sites (tertiary alicyclic amines) is 2. The van der Waals surface area contributed by atoms with Crippen LogP contribution in [0.4, 0.5) is 13.2 Å². The lowest BCUT2D eigenvalue weighted by molar-refractivity contribution is -0.137. The molecular weight excluding hydrogens is 393 g/mol. The Kier molecular flexibility index (Phi) is 6.46. The quantitative estimate of drug-likeness (QED) is 0.730. The third-order valence-corrected chi connectivity index (χ3v) is 6.36. The van der Waals surface area contributed by atoms with Gasteiger partial charge in [-0.15, -0.1) is 0 Å². The Morgan fingerprint density at radius 2 is 1.80 bits per heavy atom. The van der Waals surface area contributed by atoms with Gasteiger partial charge in [0.25, 0.3) is 0 Å². The van der Waals surface area contributed by atoms with Gasteiger partial charge in [0, 0.05) is 44.5 Å². The number of alkyl halides is 3. The number of nitrogens with zero attached hydrogens (tertiary/aromatic N) is 4. The van der Waals surface area contributed by atoms with Gasteiger partial charge in [0.05, 0.1) is 23.6 Å². The maximum absolute atomic E-state index is 13.0. The molecule has 0 saturated carbocycles. The number of ether oxygens (including phenoxy) is 1. The molecule has 1 aromatic carbocycles. The summed E-state index contributed by atoms with van der Waals surface area (Å²) >= 11 is 0. The van der Waals surface area contributed by atoms with Crippen molar-refractivity contribution in [1.29, 1.82) is 0 Å². The van der Waals surface area contributed by atoms with Crippen LogP contribution in [-0.4, -0.2) is 65.0 Å². The van der Waals surface area contributed by atoms with E-state index >= 15 is 0 Å². The van der Waals surface area contributed by atoms with Crippen LogP contribution < -0.4 is 0 Å². The smallest absolute Gasteiger partial charge is 0.381 e. The number of hydrogen-bond donors (Lipinski definition) is 0. The predicted octanol–water partition coefficient (Wildman–Crippen LogP) is 3.97. The van der Waals surface area contributed by atoms with Crippen LogP contribution in [0.5, 0.6) is 0 Å². The van der Waals surface area contributed by atoms with Gasteiger partial charge >= 0.3 is 6.18 Å². The van der Waals surface area contributed by atoms with Crippen LogP contribution in [0, 0.1) is 0 Å². The van der Waals surface area contributed by atoms with Crippen molar-refractivity contribution in [2.75, 3.05) is 33.3 Å². The average molecular weight is 422 g/mol. The lowest BCUT2D eigenvalue weighted by atomic mass is 9.98. The standard InChI is InChI=1S/C22H29F3N4O/c1-30-21-7-11-28(12-8-21)19-5-9-27(10-6-19)15-17-14-26-29(16-17)20-4-2-3-18(13-20)22(23,24)25/h2-4,13-14,16,19,21H,5-12,15H2,1H3. The zero-order valence-corrected chi connectivity index (χ0v) is 17.3. The summed E-state index contributed by atoms with van der Waals surface area (Å²) in [5.74, 6) is 0. The van der Waals surface area contributed by atoms with Gasteiger partial charge in [-0.3, -0.25) is 4.90 Å². The minimum atomic E-state index is -4.35. The molecule has 0 bridgehead atoms. The fraction of sp³-hybridized carbons (Fsp3) is 0.591. The van der Waals surface area contributed by atoms with Crippen LogP contribution in [0.2, 0.25) is 0 Å². The van der Waals surface area contributed by atoms with E-state index in [1.807, 2.05) is 6.20 Å². The second kappa shape index (κ2) is 9.08. The van der Waals surface area contributed by atoms with Crippen molar-refractivity contribution in [2.24, 2.45) is 0 Å². The molecule has 2 aromatic rings. The first-order valence-electron chi connectivity index (χ1n) is 10.6. The van der Waals surface area contributed by atoms with E-state index < -0.39 is 11.7 Å². The van der Waals surface area contributed by atoms with Crippen molar-refractivity contribution in [3.8, 4) is 5.69 Å². The van der Waals surface area contributed by atoms with Crippen molar-refractivity contribution in [1.82, 2.24) is 19.6 Å². The first-order valence-corrected chi connectivity index (χ1v) is 10.6. The molecule has 1 aromatic heterocycles. The molecule has 0 N–H and O–H groups in total. The molecule has 0 spiro atoms. The average Bonchev–Trinajstić information content (AvgIpc) is 3.22. The normalized spacial score (nSPS) is 20.7. The molecule has 30 heavy (non-hydrogen) atoms. The van der Waals surface area contributed by atoms with E-state index in [9.17, 15) is 13.2 Å². The fourth-order valence-electron chi connectivity index (χ4n) is 4.59. The number of benzene rings is 1. The maximum atomic E-state index is 13.0. The van der Waals surface area contributed by atoms with Crippen LogP contribution in [0.15, 0.2) is 36.7 Å². The van der Waals surface area contributed by atoms with Crippen molar-refractivity contribution in [3.05, 3.63) is 47.8 Å². The molecule has 0 aliphatic carbocycles. The SMILES string of the molecule is COC1CCN(C2CCN(Cc3cnn(-c4cccc(C(F)(F)F)c4)c3)CC2)CC1. The molecule has 2 saturated heterocycles. The molecule has 4 rings (SSSR count). The summed E-state index contributed by atoms with van der Waals surface area (Å²) in [7, 11) is 1.80. The summed E-state index contributed by atoms with van der Waals surface area (Å²) in [6, 6.07) is 5.92. The summed E-state index contributed by atoms with van der Waals surface area (Å²) in [5, 5.41) is 4.28. The van der Waals surface area contributed by atoms with E-state index in [0.29, 0.717) is 17.8 Å². The highest BCUT2D eigenvalue weighted by atomic mass is 19.4. The van der Waals surface area contributed by atoms with Gasteiger partial charge in [0.1, 0.15) is 0 Å². The third-order valence-electron chi connectivity index (χ3n) is 6.36. The maximum Gasteiger partial charge on any atom is 0.416 e. The summed E-state index contributed by atoms with van der Waals surface area (Å²) in [6.07, 6.45) is 4.18. The van der Waals surface area contributed by atoms with Gasteiger partial charge < -0.3 is 9.64 Å². The topological polar surface area (TPSA) is 33.5 Å². The van der Waals surface area contributed by atoms with Gasteiger partial charge in [-0.1, -0.05) is 6.07 Å². The number of piperidine rings is 2. The summed E-state index contributed by atoms with van der Waals surface area (Å²) in [6.45, 7) is 5.07. The Morgan fingerprint density at radius 3 is 2.47 bits per heavy atom. The molecule has 2 fully saturated rings. The second-order valence-electron chi connectivity index (χ2n) is 8.32. The lowest BCUT2D eigenvalue weighted by Crippen LogP contribution is -2.48. The minimum Gasteiger partial charge on any atom is -0.381 e. The van der Waals surface area contributed by atoms with Crippen molar-refractivity contribution < 1.29 is 17.9 Å². The molecule has 5 nitrogen and oxygen atoms in total. The Bertz CT molecular complexity index is 822. The molecule has 2 aliphatic heterocycles. The van der Waals surface area contributed by atoms with E-state index in [-0.39, 0.29) is 0 Å². The molecule has 2 aliphatic rings. The molecule has 0 atom stereocenters. The fourth-order valence-corrected chi connectivity index (χ4v) is 4.59. The van der Waals surface area contributed by atoms with Crippen LogP contribution in [0.1, 0.15) is 36.8 Å². The first kappa shape index (κ1) is 21.3. The van der Waals surface area contributed by atoms with Crippen molar-refractivity contribution >= 4 is 0 Å². The number of rotatable bonds is 5. The molecule has 3 heterocycles. The zero-order chi connectivity index (χ0) is 21.1. The highest BCUT2D eigenvalue weighted by Gasteiger charge is 2.31. The number of hydrogen-bond acceptors (Lipinski definition) is 4. The zero-order valence-electron chi connectivity index (χ0n) is 17.3. The largest absolute Gasteiger partial charge is 0.416 e. The van der Waals surface area contributed by atoms with Gasteiger partial charge in [-0.2, -0.15) is 18.3 Å². The van der Waals surface area contributed by atoms with Crippen molar-refractivity contribution in [3.63, 3.8) is 0 Å². The summed E-state index contributed by atoms with van der Waals surface area (Å²) in [4.78, 5) is 5.02. The van der Waals surface area contributed by atoms with Crippen LogP contribution >= 0.6 is 0 Å². The van der Waals surface area contributed by atoms with Gasteiger partial charge in [0.2, 0.25) is 0 Å². The van der Waals surface area contributed by atoms with E-state index in [2.05, 4.69) is 14.9 Å².